The summed E-state index contributed by atoms with van der Waals surface area (Å²) in [6.45, 7) is 2.69. The molecule has 2 aliphatic heterocycles. The summed E-state index contributed by atoms with van der Waals surface area (Å²) in [5.41, 5.74) is 0. The van der Waals surface area contributed by atoms with Crippen molar-refractivity contribution in [3.05, 3.63) is 0 Å². The lowest BCUT2D eigenvalue weighted by molar-refractivity contribution is -0.174. The van der Waals surface area contributed by atoms with Crippen molar-refractivity contribution in [3.8, 4) is 0 Å². The number of piperidine rings is 1. The second-order valence-corrected chi connectivity index (χ2v) is 5.33. The third-order valence-corrected chi connectivity index (χ3v) is 3.62. The standard InChI is InChI=1S/C13H22F3NO3/c14-13(15,16)10-19-8-6-17-4-1-11(2-5-17)20-12-3-7-18-9-12/h11-12H,1-10H2. The lowest BCUT2D eigenvalue weighted by Crippen LogP contribution is -2.40. The predicted octanol–water partition coefficient (Wildman–Crippen LogP) is 1.84. The molecule has 7 heteroatoms. The summed E-state index contributed by atoms with van der Waals surface area (Å²) in [4.78, 5) is 2.13. The van der Waals surface area contributed by atoms with Crippen LogP contribution < -0.4 is 0 Å². The minimum Gasteiger partial charge on any atom is -0.379 e. The zero-order chi connectivity index (χ0) is 14.4. The number of likely N-dealkylation sites (tertiary alicyclic amines) is 1. The molecular weight excluding hydrogens is 275 g/mol. The van der Waals surface area contributed by atoms with Crippen molar-refractivity contribution in [2.75, 3.05) is 46.1 Å². The molecule has 0 aromatic carbocycles. The molecule has 2 saturated heterocycles. The average Bonchev–Trinajstić information content (AvgIpc) is 2.88. The molecule has 2 heterocycles. The van der Waals surface area contributed by atoms with Gasteiger partial charge in [-0.3, -0.25) is 0 Å². The SMILES string of the molecule is FC(F)(F)COCCN1CCC(OC2CCOC2)CC1. The fourth-order valence-corrected chi connectivity index (χ4v) is 2.54. The summed E-state index contributed by atoms with van der Waals surface area (Å²) >= 11 is 0. The molecule has 2 fully saturated rings. The molecule has 0 saturated carbocycles. The van der Waals surface area contributed by atoms with E-state index in [1.165, 1.54) is 0 Å². The third kappa shape index (κ3) is 5.95. The molecule has 1 atom stereocenters. The molecule has 0 spiro atoms. The van der Waals surface area contributed by atoms with E-state index in [1.54, 1.807) is 0 Å². The second-order valence-electron chi connectivity index (χ2n) is 5.33. The molecule has 0 N–H and O–H groups in total. The van der Waals surface area contributed by atoms with Crippen LogP contribution >= 0.6 is 0 Å². The number of alkyl halides is 3. The number of rotatable bonds is 6. The van der Waals surface area contributed by atoms with Crippen LogP contribution in [0.5, 0.6) is 0 Å². The molecule has 20 heavy (non-hydrogen) atoms. The Labute approximate surface area is 117 Å². The average molecular weight is 297 g/mol. The molecule has 0 aromatic rings. The van der Waals surface area contributed by atoms with Gasteiger partial charge in [-0.1, -0.05) is 0 Å². The van der Waals surface area contributed by atoms with Crippen LogP contribution in [-0.4, -0.2) is 69.3 Å². The first-order valence-electron chi connectivity index (χ1n) is 7.13. The van der Waals surface area contributed by atoms with Crippen LogP contribution in [0.4, 0.5) is 13.2 Å². The van der Waals surface area contributed by atoms with E-state index in [9.17, 15) is 13.2 Å². The van der Waals surface area contributed by atoms with Crippen molar-refractivity contribution in [2.45, 2.75) is 37.6 Å². The highest BCUT2D eigenvalue weighted by atomic mass is 19.4. The maximum atomic E-state index is 11.9. The van der Waals surface area contributed by atoms with Crippen molar-refractivity contribution in [3.63, 3.8) is 0 Å². The van der Waals surface area contributed by atoms with Crippen molar-refractivity contribution in [1.82, 2.24) is 4.90 Å². The Morgan fingerprint density at radius 3 is 2.45 bits per heavy atom. The van der Waals surface area contributed by atoms with Crippen LogP contribution in [-0.2, 0) is 14.2 Å². The van der Waals surface area contributed by atoms with E-state index >= 15 is 0 Å². The summed E-state index contributed by atoms with van der Waals surface area (Å²) in [6, 6.07) is 0. The Bertz CT molecular complexity index is 275. The van der Waals surface area contributed by atoms with Crippen LogP contribution in [0, 0.1) is 0 Å². The molecule has 0 aromatic heterocycles. The monoisotopic (exact) mass is 297 g/mol. The van der Waals surface area contributed by atoms with Crippen LogP contribution in [0.3, 0.4) is 0 Å². The van der Waals surface area contributed by atoms with Gasteiger partial charge in [0.25, 0.3) is 0 Å². The van der Waals surface area contributed by atoms with Crippen molar-refractivity contribution in [2.24, 2.45) is 0 Å². The smallest absolute Gasteiger partial charge is 0.379 e. The Morgan fingerprint density at radius 2 is 1.85 bits per heavy atom. The van der Waals surface area contributed by atoms with Gasteiger partial charge >= 0.3 is 6.18 Å². The molecule has 2 aliphatic rings. The van der Waals surface area contributed by atoms with Gasteiger partial charge in [0.05, 0.1) is 25.4 Å². The highest BCUT2D eigenvalue weighted by molar-refractivity contribution is 4.75. The fraction of sp³-hybridized carbons (Fsp3) is 1.00. The molecule has 0 aliphatic carbocycles. The highest BCUT2D eigenvalue weighted by Crippen LogP contribution is 2.19. The second kappa shape index (κ2) is 7.59. The maximum absolute atomic E-state index is 11.9. The largest absolute Gasteiger partial charge is 0.411 e. The summed E-state index contributed by atoms with van der Waals surface area (Å²) in [5, 5.41) is 0. The van der Waals surface area contributed by atoms with E-state index in [1.807, 2.05) is 0 Å². The lowest BCUT2D eigenvalue weighted by Gasteiger charge is -2.32. The summed E-state index contributed by atoms with van der Waals surface area (Å²) in [6.07, 6.45) is -0.933. The van der Waals surface area contributed by atoms with Crippen LogP contribution in [0.15, 0.2) is 0 Å². The van der Waals surface area contributed by atoms with Gasteiger partial charge in [0.1, 0.15) is 6.61 Å². The van der Waals surface area contributed by atoms with E-state index in [4.69, 9.17) is 9.47 Å². The molecule has 2 rings (SSSR count). The van der Waals surface area contributed by atoms with Gasteiger partial charge in [0.15, 0.2) is 0 Å². The lowest BCUT2D eigenvalue weighted by atomic mass is 10.1. The number of hydrogen-bond donors (Lipinski definition) is 0. The topological polar surface area (TPSA) is 30.9 Å². The maximum Gasteiger partial charge on any atom is 0.411 e. The van der Waals surface area contributed by atoms with Crippen molar-refractivity contribution < 1.29 is 27.4 Å². The zero-order valence-corrected chi connectivity index (χ0v) is 11.5. The molecule has 0 radical (unpaired) electrons. The number of nitrogens with zero attached hydrogens (tertiary/aromatic N) is 1. The minimum absolute atomic E-state index is 0.126. The van der Waals surface area contributed by atoms with Gasteiger partial charge in [0.2, 0.25) is 0 Å². The van der Waals surface area contributed by atoms with Gasteiger partial charge in [-0.2, -0.15) is 13.2 Å². The number of halogens is 3. The molecule has 1 unspecified atom stereocenters. The summed E-state index contributed by atoms with van der Waals surface area (Å²) in [7, 11) is 0. The Morgan fingerprint density at radius 1 is 1.10 bits per heavy atom. The molecule has 0 bridgehead atoms. The molecule has 118 valence electrons. The quantitative estimate of drug-likeness (QED) is 0.700. The van der Waals surface area contributed by atoms with Gasteiger partial charge in [-0.05, 0) is 19.3 Å². The predicted molar refractivity (Wildman–Crippen MR) is 66.6 cm³/mol. The Hall–Kier alpha value is -0.370. The first-order chi connectivity index (χ1) is 9.53. The Kier molecular flexibility index (Phi) is 6.07. The normalized spacial score (nSPS) is 26.2. The van der Waals surface area contributed by atoms with E-state index in [-0.39, 0.29) is 18.8 Å². The van der Waals surface area contributed by atoms with Crippen molar-refractivity contribution in [1.29, 1.82) is 0 Å². The van der Waals surface area contributed by atoms with Gasteiger partial charge in [-0.25, -0.2) is 0 Å². The first kappa shape index (κ1) is 16.0. The fourth-order valence-electron chi connectivity index (χ4n) is 2.54. The van der Waals surface area contributed by atoms with E-state index < -0.39 is 12.8 Å². The Balaban J connectivity index is 1.52. The summed E-state index contributed by atoms with van der Waals surface area (Å²) in [5.74, 6) is 0. The van der Waals surface area contributed by atoms with Crippen LogP contribution in [0.25, 0.3) is 0 Å². The molecule has 0 amide bonds. The van der Waals surface area contributed by atoms with E-state index in [0.717, 1.165) is 39.0 Å². The van der Waals surface area contributed by atoms with Crippen LogP contribution in [0.1, 0.15) is 19.3 Å². The summed E-state index contributed by atoms with van der Waals surface area (Å²) < 4.78 is 51.5. The van der Waals surface area contributed by atoms with Crippen molar-refractivity contribution >= 4 is 0 Å². The van der Waals surface area contributed by atoms with Gasteiger partial charge < -0.3 is 19.1 Å². The van der Waals surface area contributed by atoms with E-state index in [2.05, 4.69) is 9.64 Å². The minimum atomic E-state index is -4.23. The number of ether oxygens (including phenoxy) is 3. The van der Waals surface area contributed by atoms with Gasteiger partial charge in [-0.15, -0.1) is 0 Å². The molecule has 4 nitrogen and oxygen atoms in total. The van der Waals surface area contributed by atoms with E-state index in [0.29, 0.717) is 13.2 Å². The third-order valence-electron chi connectivity index (χ3n) is 3.62. The van der Waals surface area contributed by atoms with Crippen LogP contribution in [0.2, 0.25) is 0 Å². The van der Waals surface area contributed by atoms with Gasteiger partial charge in [0, 0.05) is 26.2 Å². The number of hydrogen-bond acceptors (Lipinski definition) is 4. The highest BCUT2D eigenvalue weighted by Gasteiger charge is 2.28. The zero-order valence-electron chi connectivity index (χ0n) is 11.5. The molecular formula is C13H22F3NO3. The first-order valence-corrected chi connectivity index (χ1v) is 7.13.